The van der Waals surface area contributed by atoms with Gasteiger partial charge in [0.1, 0.15) is 11.6 Å². The molecule has 0 saturated heterocycles. The topological polar surface area (TPSA) is 26.0 Å². The van der Waals surface area contributed by atoms with Gasteiger partial charge in [-0.25, -0.2) is 8.78 Å². The molecule has 1 nitrogen and oxygen atoms in total. The summed E-state index contributed by atoms with van der Waals surface area (Å²) in [6.07, 6.45) is 4.49. The zero-order valence-corrected chi connectivity index (χ0v) is 11.8. The van der Waals surface area contributed by atoms with E-state index in [1.807, 2.05) is 0 Å². The SMILES string of the molecule is CC(C)CC1CCCC(N)(c2c(F)cccc2F)C1. The van der Waals surface area contributed by atoms with Crippen LogP contribution < -0.4 is 5.73 Å². The van der Waals surface area contributed by atoms with E-state index in [4.69, 9.17) is 5.73 Å². The minimum atomic E-state index is -0.840. The summed E-state index contributed by atoms with van der Waals surface area (Å²) in [5.74, 6) is 0.0518. The molecule has 0 aromatic heterocycles. The second-order valence-electron chi connectivity index (χ2n) is 6.34. The number of rotatable bonds is 3. The lowest BCUT2D eigenvalue weighted by atomic mass is 9.70. The van der Waals surface area contributed by atoms with Crippen molar-refractivity contribution in [2.75, 3.05) is 0 Å². The van der Waals surface area contributed by atoms with Crippen LogP contribution in [-0.2, 0) is 5.54 Å². The molecule has 2 N–H and O–H groups in total. The first-order valence-electron chi connectivity index (χ1n) is 7.16. The first kappa shape index (κ1) is 14.4. The van der Waals surface area contributed by atoms with Gasteiger partial charge in [-0.15, -0.1) is 0 Å². The Bertz CT molecular complexity index is 424. The van der Waals surface area contributed by atoms with E-state index in [2.05, 4.69) is 13.8 Å². The zero-order chi connectivity index (χ0) is 14.0. The normalized spacial score (nSPS) is 27.8. The monoisotopic (exact) mass is 267 g/mol. The van der Waals surface area contributed by atoms with Gasteiger partial charge in [-0.1, -0.05) is 32.8 Å². The van der Waals surface area contributed by atoms with E-state index in [1.165, 1.54) is 18.2 Å². The number of halogens is 2. The van der Waals surface area contributed by atoms with E-state index < -0.39 is 17.2 Å². The third kappa shape index (κ3) is 3.14. The molecule has 3 heteroatoms. The standard InChI is InChI=1S/C16H23F2N/c1-11(2)9-12-5-4-8-16(19,10-12)15-13(17)6-3-7-14(15)18/h3,6-7,11-12H,4-5,8-10,19H2,1-2H3. The molecule has 0 heterocycles. The Labute approximate surface area is 114 Å². The van der Waals surface area contributed by atoms with Crippen LogP contribution in [0.5, 0.6) is 0 Å². The van der Waals surface area contributed by atoms with Crippen LogP contribution in [0.15, 0.2) is 18.2 Å². The van der Waals surface area contributed by atoms with Gasteiger partial charge in [-0.3, -0.25) is 0 Å². The molecule has 0 aliphatic heterocycles. The summed E-state index contributed by atoms with van der Waals surface area (Å²) in [7, 11) is 0. The van der Waals surface area contributed by atoms with Gasteiger partial charge in [0.05, 0.1) is 0 Å². The summed E-state index contributed by atoms with van der Waals surface area (Å²) in [4.78, 5) is 0. The van der Waals surface area contributed by atoms with E-state index in [-0.39, 0.29) is 5.56 Å². The van der Waals surface area contributed by atoms with Gasteiger partial charge in [0.2, 0.25) is 0 Å². The molecule has 0 bridgehead atoms. The van der Waals surface area contributed by atoms with Gasteiger partial charge < -0.3 is 5.73 Å². The maximum atomic E-state index is 13.9. The minimum Gasteiger partial charge on any atom is -0.321 e. The van der Waals surface area contributed by atoms with Crippen molar-refractivity contribution in [3.05, 3.63) is 35.4 Å². The highest BCUT2D eigenvalue weighted by Gasteiger charge is 2.38. The molecule has 1 fully saturated rings. The van der Waals surface area contributed by atoms with Gasteiger partial charge in [-0.05, 0) is 43.2 Å². The van der Waals surface area contributed by atoms with Crippen molar-refractivity contribution in [3.63, 3.8) is 0 Å². The smallest absolute Gasteiger partial charge is 0.131 e. The Kier molecular flexibility index (Phi) is 4.24. The van der Waals surface area contributed by atoms with E-state index >= 15 is 0 Å². The van der Waals surface area contributed by atoms with Crippen LogP contribution in [-0.4, -0.2) is 0 Å². The van der Waals surface area contributed by atoms with Gasteiger partial charge in [0.25, 0.3) is 0 Å². The lowest BCUT2D eigenvalue weighted by Gasteiger charge is -2.39. The number of hydrogen-bond acceptors (Lipinski definition) is 1. The Hall–Kier alpha value is -0.960. The molecule has 1 aliphatic rings. The molecule has 1 aliphatic carbocycles. The molecule has 106 valence electrons. The fourth-order valence-electron chi connectivity index (χ4n) is 3.49. The molecular formula is C16H23F2N. The molecule has 2 unspecified atom stereocenters. The molecule has 1 aromatic carbocycles. The van der Waals surface area contributed by atoms with Crippen LogP contribution in [0.3, 0.4) is 0 Å². The van der Waals surface area contributed by atoms with Crippen molar-refractivity contribution in [3.8, 4) is 0 Å². The minimum absolute atomic E-state index is 0.0865. The fourth-order valence-corrected chi connectivity index (χ4v) is 3.49. The van der Waals surface area contributed by atoms with Gasteiger partial charge in [-0.2, -0.15) is 0 Å². The summed E-state index contributed by atoms with van der Waals surface area (Å²) in [6, 6.07) is 4.00. The average molecular weight is 267 g/mol. The Morgan fingerprint density at radius 3 is 2.53 bits per heavy atom. The summed E-state index contributed by atoms with van der Waals surface area (Å²) in [6.45, 7) is 4.35. The maximum Gasteiger partial charge on any atom is 0.131 e. The fraction of sp³-hybridized carbons (Fsp3) is 0.625. The molecule has 2 atom stereocenters. The molecule has 0 amide bonds. The van der Waals surface area contributed by atoms with Gasteiger partial charge in [0.15, 0.2) is 0 Å². The zero-order valence-electron chi connectivity index (χ0n) is 11.8. The summed E-state index contributed by atoms with van der Waals surface area (Å²) < 4.78 is 27.9. The van der Waals surface area contributed by atoms with Crippen LogP contribution in [0.4, 0.5) is 8.78 Å². The highest BCUT2D eigenvalue weighted by molar-refractivity contribution is 5.28. The van der Waals surface area contributed by atoms with Crippen LogP contribution in [0.2, 0.25) is 0 Å². The van der Waals surface area contributed by atoms with Crippen molar-refractivity contribution >= 4 is 0 Å². The Morgan fingerprint density at radius 1 is 1.32 bits per heavy atom. The molecule has 2 rings (SSSR count). The first-order valence-corrected chi connectivity index (χ1v) is 7.16. The lowest BCUT2D eigenvalue weighted by molar-refractivity contribution is 0.193. The van der Waals surface area contributed by atoms with Crippen molar-refractivity contribution in [2.24, 2.45) is 17.6 Å². The summed E-state index contributed by atoms with van der Waals surface area (Å²) >= 11 is 0. The van der Waals surface area contributed by atoms with Crippen LogP contribution in [0.1, 0.15) is 51.5 Å². The third-order valence-electron chi connectivity index (χ3n) is 4.15. The van der Waals surface area contributed by atoms with E-state index in [1.54, 1.807) is 0 Å². The van der Waals surface area contributed by atoms with Crippen molar-refractivity contribution in [1.29, 1.82) is 0 Å². The first-order chi connectivity index (χ1) is 8.92. The van der Waals surface area contributed by atoms with E-state index in [9.17, 15) is 8.78 Å². The highest BCUT2D eigenvalue weighted by Crippen LogP contribution is 2.41. The number of benzene rings is 1. The molecule has 0 radical (unpaired) electrons. The van der Waals surface area contributed by atoms with Crippen LogP contribution in [0, 0.1) is 23.5 Å². The number of nitrogens with two attached hydrogens (primary N) is 1. The van der Waals surface area contributed by atoms with Crippen molar-refractivity contribution < 1.29 is 8.78 Å². The van der Waals surface area contributed by atoms with Gasteiger partial charge >= 0.3 is 0 Å². The average Bonchev–Trinajstić information content (AvgIpc) is 2.27. The van der Waals surface area contributed by atoms with Crippen LogP contribution >= 0.6 is 0 Å². The largest absolute Gasteiger partial charge is 0.321 e. The van der Waals surface area contributed by atoms with Crippen molar-refractivity contribution in [2.45, 2.75) is 51.5 Å². The third-order valence-corrected chi connectivity index (χ3v) is 4.15. The predicted molar refractivity (Wildman–Crippen MR) is 73.6 cm³/mol. The quantitative estimate of drug-likeness (QED) is 0.865. The Balaban J connectivity index is 2.26. The maximum absolute atomic E-state index is 13.9. The lowest BCUT2D eigenvalue weighted by Crippen LogP contribution is -2.43. The summed E-state index contributed by atoms with van der Waals surface area (Å²) in [5.41, 5.74) is 5.61. The second kappa shape index (κ2) is 5.58. The molecule has 1 aromatic rings. The molecular weight excluding hydrogens is 244 g/mol. The second-order valence-corrected chi connectivity index (χ2v) is 6.34. The Morgan fingerprint density at radius 2 is 1.95 bits per heavy atom. The van der Waals surface area contributed by atoms with Gasteiger partial charge in [0, 0.05) is 11.1 Å². The molecule has 19 heavy (non-hydrogen) atoms. The summed E-state index contributed by atoms with van der Waals surface area (Å²) in [5, 5.41) is 0. The van der Waals surface area contributed by atoms with Crippen molar-refractivity contribution in [1.82, 2.24) is 0 Å². The predicted octanol–water partition coefficient (Wildman–Crippen LogP) is 4.36. The van der Waals surface area contributed by atoms with Crippen LogP contribution in [0.25, 0.3) is 0 Å². The highest BCUT2D eigenvalue weighted by atomic mass is 19.1. The van der Waals surface area contributed by atoms with E-state index in [0.29, 0.717) is 24.7 Å². The number of hydrogen-bond donors (Lipinski definition) is 1. The molecule has 1 saturated carbocycles. The molecule has 0 spiro atoms. The van der Waals surface area contributed by atoms with E-state index in [0.717, 1.165) is 19.3 Å².